The summed E-state index contributed by atoms with van der Waals surface area (Å²) in [7, 11) is 0. The maximum absolute atomic E-state index is 4.46. The van der Waals surface area contributed by atoms with Crippen molar-refractivity contribution in [3.8, 4) is 11.4 Å². The molecule has 3 aromatic heterocycles. The van der Waals surface area contributed by atoms with E-state index in [1.165, 1.54) is 0 Å². The van der Waals surface area contributed by atoms with Crippen molar-refractivity contribution < 1.29 is 0 Å². The van der Waals surface area contributed by atoms with E-state index in [4.69, 9.17) is 0 Å². The molecule has 0 aliphatic heterocycles. The summed E-state index contributed by atoms with van der Waals surface area (Å²) >= 11 is 8.69. The quantitative estimate of drug-likeness (QED) is 0.526. The lowest BCUT2D eigenvalue weighted by Gasteiger charge is -1.99. The molecule has 3 rings (SSSR count). The predicted octanol–water partition coefficient (Wildman–Crippen LogP) is 5.90. The van der Waals surface area contributed by atoms with Gasteiger partial charge in [-0.2, -0.15) is 0 Å². The second-order valence-corrected chi connectivity index (χ2v) is 8.05. The average Bonchev–Trinajstić information content (AvgIpc) is 2.84. The van der Waals surface area contributed by atoms with Crippen LogP contribution in [-0.4, -0.2) is 9.97 Å². The Morgan fingerprint density at radius 2 is 1.81 bits per heavy atom. The molecule has 0 saturated carbocycles. The number of aromatic nitrogens is 2. The van der Waals surface area contributed by atoms with Crippen molar-refractivity contribution in [3.05, 3.63) is 67.5 Å². The van der Waals surface area contributed by atoms with Gasteiger partial charge in [0.25, 0.3) is 0 Å². The lowest BCUT2D eigenvalue weighted by molar-refractivity contribution is 1.24. The van der Waals surface area contributed by atoms with Crippen LogP contribution in [0.3, 0.4) is 0 Å². The Bertz CT molecular complexity index is 765. The number of halogens is 2. The number of hydrogen-bond donors (Lipinski definition) is 0. The van der Waals surface area contributed by atoms with E-state index in [0.29, 0.717) is 0 Å². The fraction of sp³-hybridized carbons (Fsp3) is 0. The monoisotopic (exact) mass is 420 g/mol. The predicted molar refractivity (Wildman–Crippen MR) is 96.1 cm³/mol. The molecule has 0 aliphatic rings. The molecule has 0 N–H and O–H groups in total. The van der Waals surface area contributed by atoms with Crippen molar-refractivity contribution in [3.63, 3.8) is 0 Å². The summed E-state index contributed by atoms with van der Waals surface area (Å²) in [4.78, 5) is 8.75. The molecular formula is C16H10Br2N2S. The molecule has 0 radical (unpaired) electrons. The second kappa shape index (κ2) is 6.64. The maximum atomic E-state index is 4.46. The summed E-state index contributed by atoms with van der Waals surface area (Å²) < 4.78 is 2.22. The van der Waals surface area contributed by atoms with Crippen LogP contribution in [0.4, 0.5) is 0 Å². The van der Waals surface area contributed by atoms with Crippen molar-refractivity contribution >= 4 is 55.3 Å². The van der Waals surface area contributed by atoms with E-state index in [-0.39, 0.29) is 0 Å². The minimum Gasteiger partial charge on any atom is -0.255 e. The molecule has 0 unspecified atom stereocenters. The van der Waals surface area contributed by atoms with Gasteiger partial charge in [0.2, 0.25) is 0 Å². The molecule has 0 atom stereocenters. The van der Waals surface area contributed by atoms with Crippen LogP contribution in [0.25, 0.3) is 23.5 Å². The number of nitrogens with zero attached hydrogens (tertiary/aromatic N) is 2. The Morgan fingerprint density at radius 1 is 0.952 bits per heavy atom. The van der Waals surface area contributed by atoms with E-state index in [1.54, 1.807) is 17.5 Å². The molecule has 2 nitrogen and oxygen atoms in total. The molecule has 5 heteroatoms. The van der Waals surface area contributed by atoms with Crippen LogP contribution in [0.1, 0.15) is 11.1 Å². The fourth-order valence-corrected chi connectivity index (χ4v) is 4.58. The van der Waals surface area contributed by atoms with E-state index >= 15 is 0 Å². The molecular weight excluding hydrogens is 412 g/mol. The summed E-state index contributed by atoms with van der Waals surface area (Å²) in [5.74, 6) is 0. The van der Waals surface area contributed by atoms with Crippen LogP contribution in [0.5, 0.6) is 0 Å². The Morgan fingerprint density at radius 3 is 2.43 bits per heavy atom. The van der Waals surface area contributed by atoms with Crippen molar-refractivity contribution in [1.82, 2.24) is 9.97 Å². The third kappa shape index (κ3) is 3.67. The highest BCUT2D eigenvalue weighted by atomic mass is 79.9. The molecule has 21 heavy (non-hydrogen) atoms. The smallest absolute Gasteiger partial charge is 0.0886 e. The van der Waals surface area contributed by atoms with Gasteiger partial charge >= 0.3 is 0 Å². The van der Waals surface area contributed by atoms with Gasteiger partial charge < -0.3 is 0 Å². The van der Waals surface area contributed by atoms with Gasteiger partial charge in [0.15, 0.2) is 0 Å². The lowest BCUT2D eigenvalue weighted by atomic mass is 10.2. The van der Waals surface area contributed by atoms with E-state index in [1.807, 2.05) is 36.5 Å². The summed E-state index contributed by atoms with van der Waals surface area (Å²) in [5.41, 5.74) is 3.98. The molecule has 0 bridgehead atoms. The Balaban J connectivity index is 1.80. The molecule has 0 aliphatic carbocycles. The van der Waals surface area contributed by atoms with Crippen LogP contribution >= 0.6 is 43.2 Å². The van der Waals surface area contributed by atoms with Gasteiger partial charge in [-0.05, 0) is 61.7 Å². The Labute approximate surface area is 143 Å². The van der Waals surface area contributed by atoms with Gasteiger partial charge in [-0.25, -0.2) is 0 Å². The van der Waals surface area contributed by atoms with Gasteiger partial charge in [-0.3, -0.25) is 9.97 Å². The van der Waals surface area contributed by atoms with Gasteiger partial charge in [0.05, 0.1) is 19.0 Å². The molecule has 3 heterocycles. The van der Waals surface area contributed by atoms with Crippen LogP contribution in [0, 0.1) is 0 Å². The van der Waals surface area contributed by atoms with E-state index in [9.17, 15) is 0 Å². The number of hydrogen-bond acceptors (Lipinski definition) is 3. The molecule has 0 fully saturated rings. The van der Waals surface area contributed by atoms with Crippen LogP contribution in [0.2, 0.25) is 0 Å². The zero-order chi connectivity index (χ0) is 14.7. The average molecular weight is 422 g/mol. The summed E-state index contributed by atoms with van der Waals surface area (Å²) in [6.45, 7) is 0. The number of pyridine rings is 2. The first-order valence-corrected chi connectivity index (χ1v) is 8.63. The first-order chi connectivity index (χ1) is 10.2. The second-order valence-electron chi connectivity index (χ2n) is 4.30. The maximum Gasteiger partial charge on any atom is 0.0886 e. The molecule has 0 saturated heterocycles. The van der Waals surface area contributed by atoms with Crippen molar-refractivity contribution in [2.75, 3.05) is 0 Å². The third-order valence-electron chi connectivity index (χ3n) is 2.85. The van der Waals surface area contributed by atoms with Crippen molar-refractivity contribution in [2.45, 2.75) is 0 Å². The minimum atomic E-state index is 0.882. The first-order valence-electron chi connectivity index (χ1n) is 6.23. The molecule has 0 aromatic carbocycles. The highest BCUT2D eigenvalue weighted by molar-refractivity contribution is 9.12. The molecule has 0 spiro atoms. The van der Waals surface area contributed by atoms with Crippen molar-refractivity contribution in [1.29, 1.82) is 0 Å². The van der Waals surface area contributed by atoms with Gasteiger partial charge in [0, 0.05) is 18.0 Å². The highest BCUT2D eigenvalue weighted by Crippen LogP contribution is 2.33. The van der Waals surface area contributed by atoms with E-state index in [0.717, 1.165) is 30.1 Å². The van der Waals surface area contributed by atoms with E-state index < -0.39 is 0 Å². The Kier molecular flexibility index (Phi) is 4.63. The first kappa shape index (κ1) is 14.6. The topological polar surface area (TPSA) is 25.8 Å². The molecule has 3 aromatic rings. The van der Waals surface area contributed by atoms with Crippen LogP contribution in [0.15, 0.2) is 56.4 Å². The molecule has 104 valence electrons. The lowest BCUT2D eigenvalue weighted by Crippen LogP contribution is -1.86. The standard InChI is InChI=1S/C16H10Br2N2S/c17-15-9-12(16(18)21-15)6-4-11-5-7-14(20-10-11)13-3-1-2-8-19-13/h1-10H/b6-4+. The summed E-state index contributed by atoms with van der Waals surface area (Å²) in [6.07, 6.45) is 7.75. The highest BCUT2D eigenvalue weighted by Gasteiger charge is 2.02. The zero-order valence-corrected chi connectivity index (χ0v) is 14.8. The number of rotatable bonds is 3. The van der Waals surface area contributed by atoms with Gasteiger partial charge in [-0.1, -0.05) is 24.3 Å². The van der Waals surface area contributed by atoms with Crippen LogP contribution < -0.4 is 0 Å². The third-order valence-corrected chi connectivity index (χ3v) is 5.24. The van der Waals surface area contributed by atoms with Gasteiger partial charge in [-0.15, -0.1) is 11.3 Å². The largest absolute Gasteiger partial charge is 0.255 e. The minimum absolute atomic E-state index is 0.882. The summed E-state index contributed by atoms with van der Waals surface area (Å²) in [5, 5.41) is 0. The summed E-state index contributed by atoms with van der Waals surface area (Å²) in [6, 6.07) is 11.9. The van der Waals surface area contributed by atoms with Gasteiger partial charge in [0.1, 0.15) is 0 Å². The molecule has 0 amide bonds. The zero-order valence-electron chi connectivity index (χ0n) is 10.8. The normalized spacial score (nSPS) is 11.1. The van der Waals surface area contributed by atoms with E-state index in [2.05, 4.69) is 60.0 Å². The number of thiophene rings is 1. The van der Waals surface area contributed by atoms with Crippen molar-refractivity contribution in [2.24, 2.45) is 0 Å². The van der Waals surface area contributed by atoms with Crippen LogP contribution in [-0.2, 0) is 0 Å². The SMILES string of the molecule is Brc1cc(/C=C/c2ccc(-c3ccccn3)nc2)c(Br)s1. The fourth-order valence-electron chi connectivity index (χ4n) is 1.82. The Hall–Kier alpha value is -1.30.